The van der Waals surface area contributed by atoms with Crippen LogP contribution in [0.25, 0.3) is 0 Å². The van der Waals surface area contributed by atoms with Crippen molar-refractivity contribution >= 4 is 39.1 Å². The highest BCUT2D eigenvalue weighted by Crippen LogP contribution is 2.22. The molecular formula is C7H5BrN4OS. The molecule has 0 unspecified atom stereocenters. The van der Waals surface area contributed by atoms with Crippen molar-refractivity contribution in [3.05, 3.63) is 27.1 Å². The van der Waals surface area contributed by atoms with Gasteiger partial charge in [0.1, 0.15) is 6.33 Å². The first kappa shape index (κ1) is 9.35. The number of H-pyrrole nitrogens is 1. The molecule has 0 aliphatic heterocycles. The van der Waals surface area contributed by atoms with Gasteiger partial charge in [-0.15, -0.1) is 11.3 Å². The number of carbonyl (C=O) groups excluding carboxylic acids is 1. The van der Waals surface area contributed by atoms with Gasteiger partial charge in [0.15, 0.2) is 0 Å². The topological polar surface area (TPSA) is 70.7 Å². The SMILES string of the molecule is O=C(Nc1ncn[nH]1)c1ccc(Br)s1. The number of aromatic amines is 1. The summed E-state index contributed by atoms with van der Waals surface area (Å²) < 4.78 is 0.917. The van der Waals surface area contributed by atoms with Crippen LogP contribution in [0, 0.1) is 0 Å². The summed E-state index contributed by atoms with van der Waals surface area (Å²) in [4.78, 5) is 15.9. The molecule has 2 aromatic heterocycles. The fourth-order valence-corrected chi connectivity index (χ4v) is 2.15. The van der Waals surface area contributed by atoms with E-state index < -0.39 is 0 Å². The molecule has 2 heterocycles. The van der Waals surface area contributed by atoms with Gasteiger partial charge in [-0.1, -0.05) is 0 Å². The van der Waals surface area contributed by atoms with Gasteiger partial charge >= 0.3 is 0 Å². The van der Waals surface area contributed by atoms with Crippen LogP contribution in [-0.4, -0.2) is 21.1 Å². The lowest BCUT2D eigenvalue weighted by Gasteiger charge is -1.96. The third-order valence-electron chi connectivity index (χ3n) is 1.44. The van der Waals surface area contributed by atoms with Crippen LogP contribution in [0.5, 0.6) is 0 Å². The number of aromatic nitrogens is 3. The molecule has 7 heteroatoms. The van der Waals surface area contributed by atoms with Crippen LogP contribution >= 0.6 is 27.3 Å². The van der Waals surface area contributed by atoms with Gasteiger partial charge in [-0.2, -0.15) is 10.1 Å². The molecule has 0 aliphatic rings. The third-order valence-corrected chi connectivity index (χ3v) is 3.07. The van der Waals surface area contributed by atoms with E-state index in [1.54, 1.807) is 6.07 Å². The number of rotatable bonds is 2. The predicted octanol–water partition coefficient (Wildman–Crippen LogP) is 1.88. The molecule has 0 aliphatic carbocycles. The average molecular weight is 273 g/mol. The summed E-state index contributed by atoms with van der Waals surface area (Å²) in [5, 5.41) is 8.73. The Morgan fingerprint density at radius 1 is 1.57 bits per heavy atom. The minimum absolute atomic E-state index is 0.197. The normalized spacial score (nSPS) is 10.1. The molecule has 0 saturated carbocycles. The Kier molecular flexibility index (Phi) is 2.60. The number of amides is 1. The van der Waals surface area contributed by atoms with Crippen LogP contribution in [-0.2, 0) is 0 Å². The summed E-state index contributed by atoms with van der Waals surface area (Å²) in [6.45, 7) is 0. The second-order valence-corrected chi connectivity index (χ2v) is 4.85. The van der Waals surface area contributed by atoms with E-state index in [0.29, 0.717) is 10.8 Å². The summed E-state index contributed by atoms with van der Waals surface area (Å²) in [7, 11) is 0. The van der Waals surface area contributed by atoms with E-state index in [0.717, 1.165) is 3.79 Å². The van der Waals surface area contributed by atoms with Crippen molar-refractivity contribution in [1.82, 2.24) is 15.2 Å². The summed E-state index contributed by atoms with van der Waals surface area (Å²) in [6.07, 6.45) is 1.33. The van der Waals surface area contributed by atoms with Crippen LogP contribution in [0.3, 0.4) is 0 Å². The fourth-order valence-electron chi connectivity index (χ4n) is 0.871. The van der Waals surface area contributed by atoms with E-state index in [-0.39, 0.29) is 5.91 Å². The lowest BCUT2D eigenvalue weighted by Crippen LogP contribution is -2.11. The second kappa shape index (κ2) is 3.89. The first-order chi connectivity index (χ1) is 6.75. The molecule has 14 heavy (non-hydrogen) atoms. The molecule has 0 spiro atoms. The summed E-state index contributed by atoms with van der Waals surface area (Å²) in [5.41, 5.74) is 0. The Morgan fingerprint density at radius 3 is 3.00 bits per heavy atom. The minimum Gasteiger partial charge on any atom is -0.290 e. The Hall–Kier alpha value is -1.21. The van der Waals surface area contributed by atoms with Gasteiger partial charge in [-0.3, -0.25) is 10.1 Å². The van der Waals surface area contributed by atoms with E-state index in [1.807, 2.05) is 6.07 Å². The smallest absolute Gasteiger partial charge is 0.268 e. The molecule has 0 fully saturated rings. The second-order valence-electron chi connectivity index (χ2n) is 2.39. The van der Waals surface area contributed by atoms with Crippen LogP contribution in [0.1, 0.15) is 9.67 Å². The van der Waals surface area contributed by atoms with Crippen molar-refractivity contribution in [2.24, 2.45) is 0 Å². The summed E-state index contributed by atoms with van der Waals surface area (Å²) >= 11 is 4.64. The molecule has 2 rings (SSSR count). The number of nitrogens with zero attached hydrogens (tertiary/aromatic N) is 2. The Labute approximate surface area is 91.7 Å². The number of halogens is 1. The number of anilines is 1. The van der Waals surface area contributed by atoms with E-state index in [2.05, 4.69) is 36.4 Å². The zero-order valence-corrected chi connectivity index (χ0v) is 9.22. The summed E-state index contributed by atoms with van der Waals surface area (Å²) in [5.74, 6) is 0.150. The Morgan fingerprint density at radius 2 is 2.43 bits per heavy atom. The Balaban J connectivity index is 2.10. The monoisotopic (exact) mass is 272 g/mol. The molecule has 0 radical (unpaired) electrons. The average Bonchev–Trinajstić information content (AvgIpc) is 2.75. The van der Waals surface area contributed by atoms with Gasteiger partial charge in [-0.05, 0) is 28.1 Å². The van der Waals surface area contributed by atoms with Crippen LogP contribution in [0.2, 0.25) is 0 Å². The van der Waals surface area contributed by atoms with Crippen LogP contribution in [0.15, 0.2) is 22.2 Å². The molecule has 5 nitrogen and oxygen atoms in total. The maximum Gasteiger partial charge on any atom is 0.268 e. The molecule has 0 atom stereocenters. The minimum atomic E-state index is -0.197. The van der Waals surface area contributed by atoms with Crippen molar-refractivity contribution in [3.8, 4) is 0 Å². The highest BCUT2D eigenvalue weighted by atomic mass is 79.9. The molecule has 72 valence electrons. The van der Waals surface area contributed by atoms with Crippen LogP contribution in [0.4, 0.5) is 5.95 Å². The highest BCUT2D eigenvalue weighted by molar-refractivity contribution is 9.11. The van der Waals surface area contributed by atoms with E-state index in [4.69, 9.17) is 0 Å². The van der Waals surface area contributed by atoms with Gasteiger partial charge in [0.25, 0.3) is 5.91 Å². The predicted molar refractivity (Wildman–Crippen MR) is 56.4 cm³/mol. The molecular weight excluding hydrogens is 268 g/mol. The van der Waals surface area contributed by atoms with Gasteiger partial charge in [0, 0.05) is 0 Å². The van der Waals surface area contributed by atoms with Crippen molar-refractivity contribution in [2.75, 3.05) is 5.32 Å². The van der Waals surface area contributed by atoms with Crippen molar-refractivity contribution < 1.29 is 4.79 Å². The molecule has 0 bridgehead atoms. The fraction of sp³-hybridized carbons (Fsp3) is 0. The summed E-state index contributed by atoms with van der Waals surface area (Å²) in [6, 6.07) is 3.56. The maximum absolute atomic E-state index is 11.5. The van der Waals surface area contributed by atoms with Gasteiger partial charge in [0.05, 0.1) is 8.66 Å². The lowest BCUT2D eigenvalue weighted by atomic mass is 10.4. The molecule has 0 saturated heterocycles. The first-order valence-corrected chi connectivity index (χ1v) is 5.29. The van der Waals surface area contributed by atoms with Gasteiger partial charge in [0.2, 0.25) is 5.95 Å². The molecule has 0 aromatic carbocycles. The Bertz CT molecular complexity index is 438. The molecule has 2 N–H and O–H groups in total. The largest absolute Gasteiger partial charge is 0.290 e. The van der Waals surface area contributed by atoms with Crippen molar-refractivity contribution in [2.45, 2.75) is 0 Å². The maximum atomic E-state index is 11.5. The number of thiophene rings is 1. The van der Waals surface area contributed by atoms with Crippen LogP contribution < -0.4 is 5.32 Å². The zero-order valence-electron chi connectivity index (χ0n) is 6.82. The molecule has 2 aromatic rings. The zero-order chi connectivity index (χ0) is 9.97. The van der Waals surface area contributed by atoms with Crippen molar-refractivity contribution in [3.63, 3.8) is 0 Å². The number of carbonyl (C=O) groups is 1. The standard InChI is InChI=1S/C7H5BrN4OS/c8-5-2-1-4(14-5)6(13)11-7-9-3-10-12-7/h1-3H,(H2,9,10,11,12,13). The van der Waals surface area contributed by atoms with E-state index >= 15 is 0 Å². The number of hydrogen-bond acceptors (Lipinski definition) is 4. The van der Waals surface area contributed by atoms with E-state index in [9.17, 15) is 4.79 Å². The van der Waals surface area contributed by atoms with E-state index in [1.165, 1.54) is 17.7 Å². The third kappa shape index (κ3) is 1.99. The van der Waals surface area contributed by atoms with Crippen molar-refractivity contribution in [1.29, 1.82) is 0 Å². The van der Waals surface area contributed by atoms with Gasteiger partial charge in [-0.25, -0.2) is 5.10 Å². The lowest BCUT2D eigenvalue weighted by molar-refractivity contribution is 0.102. The van der Waals surface area contributed by atoms with Gasteiger partial charge < -0.3 is 0 Å². The number of nitrogens with one attached hydrogen (secondary N) is 2. The number of hydrogen-bond donors (Lipinski definition) is 2. The highest BCUT2D eigenvalue weighted by Gasteiger charge is 2.09. The first-order valence-electron chi connectivity index (χ1n) is 3.68. The quantitative estimate of drug-likeness (QED) is 0.877. The molecule has 1 amide bonds.